The number of H-pyrrole nitrogens is 1. The lowest BCUT2D eigenvalue weighted by Crippen LogP contribution is -2.55. The highest BCUT2D eigenvalue weighted by Gasteiger charge is 2.52. The molecule has 2 aliphatic heterocycles. The van der Waals surface area contributed by atoms with Crippen LogP contribution in [0.2, 0.25) is 0 Å². The summed E-state index contributed by atoms with van der Waals surface area (Å²) < 4.78 is 3.27. The Bertz CT molecular complexity index is 1590. The van der Waals surface area contributed by atoms with Gasteiger partial charge >= 0.3 is 11.7 Å². The van der Waals surface area contributed by atoms with Gasteiger partial charge in [0.15, 0.2) is 5.82 Å². The van der Waals surface area contributed by atoms with Crippen LogP contribution in [-0.4, -0.2) is 65.9 Å². The third kappa shape index (κ3) is 3.28. The number of aromatic nitrogens is 5. The molecule has 178 valence electrons. The fourth-order valence-electron chi connectivity index (χ4n) is 5.06. The lowest BCUT2D eigenvalue weighted by Gasteiger charge is -2.38. The number of nitrogens with zero attached hydrogens (tertiary/aromatic N) is 6. The van der Waals surface area contributed by atoms with Gasteiger partial charge < -0.3 is 14.6 Å². The molecule has 12 heteroatoms. The van der Waals surface area contributed by atoms with Crippen molar-refractivity contribution in [1.82, 2.24) is 34.1 Å². The Kier molecular flexibility index (Phi) is 4.69. The van der Waals surface area contributed by atoms with Crippen LogP contribution in [0.1, 0.15) is 12.8 Å². The molecular formula is C23H22N8O4. The normalized spacial score (nSPS) is 17.6. The molecule has 2 N–H and O–H groups in total. The largest absolute Gasteiger partial charge is 0.355 e. The van der Waals surface area contributed by atoms with E-state index in [2.05, 4.69) is 25.2 Å². The van der Waals surface area contributed by atoms with Gasteiger partial charge in [0.1, 0.15) is 11.1 Å². The second kappa shape index (κ2) is 7.79. The molecule has 1 aromatic carbocycles. The maximum Gasteiger partial charge on any atom is 0.328 e. The fraction of sp³-hybridized carbons (Fsp3) is 0.304. The van der Waals surface area contributed by atoms with E-state index in [0.717, 1.165) is 16.2 Å². The average molecular weight is 474 g/mol. The van der Waals surface area contributed by atoms with Gasteiger partial charge in [-0.25, -0.2) is 19.6 Å². The van der Waals surface area contributed by atoms with Gasteiger partial charge in [0, 0.05) is 38.6 Å². The van der Waals surface area contributed by atoms with E-state index in [1.165, 1.54) is 4.57 Å². The van der Waals surface area contributed by atoms with Crippen LogP contribution in [0, 0.1) is 0 Å². The SMILES string of the molecule is O=C1NC2(CCN(c3nccn4cncc34)CC2)C(=O)N1CCn1c(=O)[nH]c(=O)c2ccccc21. The number of hydrogen-bond acceptors (Lipinski definition) is 7. The number of urea groups is 1. The van der Waals surface area contributed by atoms with Gasteiger partial charge in [0.05, 0.1) is 23.4 Å². The van der Waals surface area contributed by atoms with Gasteiger partial charge in [-0.15, -0.1) is 0 Å². The topological polar surface area (TPSA) is 138 Å². The number of carbonyl (C=O) groups is 2. The number of carbonyl (C=O) groups excluding carboxylic acids is 2. The van der Waals surface area contributed by atoms with Crippen LogP contribution < -0.4 is 21.5 Å². The highest BCUT2D eigenvalue weighted by molar-refractivity contribution is 6.07. The van der Waals surface area contributed by atoms with E-state index in [9.17, 15) is 19.2 Å². The van der Waals surface area contributed by atoms with Crippen molar-refractivity contribution < 1.29 is 9.59 Å². The molecule has 0 bridgehead atoms. The zero-order valence-electron chi connectivity index (χ0n) is 18.7. The maximum absolute atomic E-state index is 13.4. The van der Waals surface area contributed by atoms with Crippen molar-refractivity contribution in [3.8, 4) is 0 Å². The number of fused-ring (bicyclic) bond motifs is 2. The number of imidazole rings is 1. The molecule has 35 heavy (non-hydrogen) atoms. The first kappa shape index (κ1) is 21.1. The van der Waals surface area contributed by atoms with Crippen LogP contribution in [0.25, 0.3) is 16.4 Å². The first-order valence-electron chi connectivity index (χ1n) is 11.3. The Morgan fingerprint density at radius 1 is 1.00 bits per heavy atom. The molecule has 2 saturated heterocycles. The first-order chi connectivity index (χ1) is 17.0. The average Bonchev–Trinajstić information content (AvgIpc) is 3.43. The predicted octanol–water partition coefficient (Wildman–Crippen LogP) is 0.324. The number of piperidine rings is 1. The van der Waals surface area contributed by atoms with E-state index in [4.69, 9.17) is 0 Å². The van der Waals surface area contributed by atoms with Crippen molar-refractivity contribution in [2.24, 2.45) is 0 Å². The van der Waals surface area contributed by atoms with Crippen molar-refractivity contribution in [3.05, 3.63) is 70.0 Å². The first-order valence-corrected chi connectivity index (χ1v) is 11.3. The zero-order valence-corrected chi connectivity index (χ0v) is 18.7. The van der Waals surface area contributed by atoms with Crippen LogP contribution >= 0.6 is 0 Å². The Labute approximate surface area is 197 Å². The molecule has 2 aliphatic rings. The number of nitrogens with one attached hydrogen (secondary N) is 2. The predicted molar refractivity (Wildman–Crippen MR) is 126 cm³/mol. The third-order valence-electron chi connectivity index (χ3n) is 6.93. The minimum Gasteiger partial charge on any atom is -0.355 e. The van der Waals surface area contributed by atoms with Gasteiger partial charge in [-0.1, -0.05) is 12.1 Å². The molecule has 6 rings (SSSR count). The maximum atomic E-state index is 13.4. The number of aromatic amines is 1. The van der Waals surface area contributed by atoms with Crippen molar-refractivity contribution in [2.45, 2.75) is 24.9 Å². The quantitative estimate of drug-likeness (QED) is 0.407. The zero-order chi connectivity index (χ0) is 24.2. The van der Waals surface area contributed by atoms with E-state index in [1.54, 1.807) is 43.0 Å². The molecule has 4 aromatic rings. The summed E-state index contributed by atoms with van der Waals surface area (Å²) in [5.41, 5.74) is -0.686. The summed E-state index contributed by atoms with van der Waals surface area (Å²) in [4.78, 5) is 64.9. The van der Waals surface area contributed by atoms with Crippen LogP contribution in [0.5, 0.6) is 0 Å². The molecule has 0 radical (unpaired) electrons. The molecule has 0 atom stereocenters. The third-order valence-corrected chi connectivity index (χ3v) is 6.93. The molecule has 3 aromatic heterocycles. The Hall–Kier alpha value is -4.48. The van der Waals surface area contributed by atoms with Gasteiger partial charge in [-0.3, -0.25) is 24.0 Å². The molecule has 0 saturated carbocycles. The molecule has 0 unspecified atom stereocenters. The van der Waals surface area contributed by atoms with Crippen LogP contribution in [-0.2, 0) is 11.3 Å². The van der Waals surface area contributed by atoms with E-state index < -0.39 is 22.8 Å². The number of rotatable bonds is 4. The highest BCUT2D eigenvalue weighted by Crippen LogP contribution is 2.32. The summed E-state index contributed by atoms with van der Waals surface area (Å²) in [5.74, 6) is 0.497. The van der Waals surface area contributed by atoms with Gasteiger partial charge in [0.25, 0.3) is 11.5 Å². The van der Waals surface area contributed by atoms with E-state index in [-0.39, 0.29) is 19.0 Å². The molecule has 5 heterocycles. The number of benzene rings is 1. The molecule has 0 aliphatic carbocycles. The van der Waals surface area contributed by atoms with Crippen LogP contribution in [0.15, 0.2) is 58.8 Å². The standard InChI is InChI=1S/C23H22N8O4/c32-19-15-3-1-2-4-16(15)30(21(34)26-19)11-12-31-20(33)23(27-22(31)35)5-8-28(9-6-23)18-17-13-24-14-29(17)10-7-25-18/h1-4,7,10,13-14H,5-6,8-9,11-12H2,(H,27,35)(H,26,32,34). The second-order valence-electron chi connectivity index (χ2n) is 8.82. The second-order valence-corrected chi connectivity index (χ2v) is 8.82. The number of para-hydroxylation sites is 1. The van der Waals surface area contributed by atoms with E-state index in [1.807, 2.05) is 10.6 Å². The minimum atomic E-state index is -0.975. The Morgan fingerprint density at radius 2 is 1.80 bits per heavy atom. The summed E-state index contributed by atoms with van der Waals surface area (Å²) in [6, 6.07) is 6.27. The van der Waals surface area contributed by atoms with Gasteiger partial charge in [-0.05, 0) is 25.0 Å². The van der Waals surface area contributed by atoms with E-state index >= 15 is 0 Å². The van der Waals surface area contributed by atoms with Crippen LogP contribution in [0.3, 0.4) is 0 Å². The fourth-order valence-corrected chi connectivity index (χ4v) is 5.06. The number of hydrogen-bond donors (Lipinski definition) is 2. The van der Waals surface area contributed by atoms with E-state index in [0.29, 0.717) is 36.8 Å². The molecule has 2 fully saturated rings. The van der Waals surface area contributed by atoms with Crippen molar-refractivity contribution >= 4 is 34.2 Å². The van der Waals surface area contributed by atoms with Crippen molar-refractivity contribution in [3.63, 3.8) is 0 Å². The number of anilines is 1. The molecule has 3 amide bonds. The summed E-state index contributed by atoms with van der Waals surface area (Å²) >= 11 is 0. The molecule has 1 spiro atoms. The van der Waals surface area contributed by atoms with Crippen molar-refractivity contribution in [2.75, 3.05) is 24.5 Å². The van der Waals surface area contributed by atoms with Gasteiger partial charge in [-0.2, -0.15) is 0 Å². The van der Waals surface area contributed by atoms with Gasteiger partial charge in [0.2, 0.25) is 0 Å². The highest BCUT2D eigenvalue weighted by atomic mass is 16.2. The summed E-state index contributed by atoms with van der Waals surface area (Å²) in [7, 11) is 0. The Morgan fingerprint density at radius 3 is 2.63 bits per heavy atom. The smallest absolute Gasteiger partial charge is 0.328 e. The minimum absolute atomic E-state index is 0.0166. The summed E-state index contributed by atoms with van der Waals surface area (Å²) in [5, 5.41) is 3.27. The summed E-state index contributed by atoms with van der Waals surface area (Å²) in [6.45, 7) is 1.18. The monoisotopic (exact) mass is 474 g/mol. The molecule has 12 nitrogen and oxygen atoms in total. The number of amides is 3. The lowest BCUT2D eigenvalue weighted by molar-refractivity contribution is -0.132. The molecular weight excluding hydrogens is 452 g/mol. The Balaban J connectivity index is 1.20. The van der Waals surface area contributed by atoms with Crippen LogP contribution in [0.4, 0.5) is 10.6 Å². The summed E-state index contributed by atoms with van der Waals surface area (Å²) in [6.07, 6.45) is 7.87. The van der Waals surface area contributed by atoms with Crippen molar-refractivity contribution in [1.29, 1.82) is 0 Å². The number of imide groups is 1. The lowest BCUT2D eigenvalue weighted by atomic mass is 9.87.